The molecule has 1 unspecified atom stereocenters. The Balaban J connectivity index is 2.13. The zero-order chi connectivity index (χ0) is 12.4. The highest BCUT2D eigenvalue weighted by Crippen LogP contribution is 2.28. The molecule has 1 saturated heterocycles. The molecule has 2 rings (SSSR count). The Morgan fingerprint density at radius 2 is 2.24 bits per heavy atom. The zero-order valence-electron chi connectivity index (χ0n) is 10.4. The monoisotopic (exact) mass is 233 g/mol. The number of benzene rings is 1. The lowest BCUT2D eigenvalue weighted by Gasteiger charge is -2.20. The van der Waals surface area contributed by atoms with Crippen molar-refractivity contribution in [2.75, 3.05) is 13.1 Å². The lowest BCUT2D eigenvalue weighted by molar-refractivity contribution is 0.0696. The van der Waals surface area contributed by atoms with Gasteiger partial charge in [0.15, 0.2) is 0 Å². The summed E-state index contributed by atoms with van der Waals surface area (Å²) in [5.41, 5.74) is 1.55. The summed E-state index contributed by atoms with van der Waals surface area (Å²) in [7, 11) is 0. The van der Waals surface area contributed by atoms with Crippen LogP contribution in [0.4, 0.5) is 0 Å². The van der Waals surface area contributed by atoms with Crippen molar-refractivity contribution in [2.24, 2.45) is 0 Å². The normalized spacial score (nSPS) is 21.0. The van der Waals surface area contributed by atoms with Crippen molar-refractivity contribution in [1.82, 2.24) is 4.90 Å². The van der Waals surface area contributed by atoms with E-state index in [0.29, 0.717) is 17.5 Å². The summed E-state index contributed by atoms with van der Waals surface area (Å²) >= 11 is 0. The number of carboxylic acid groups (broad SMARTS) is 1. The van der Waals surface area contributed by atoms with Crippen LogP contribution in [0.1, 0.15) is 42.1 Å². The number of hydrogen-bond donors (Lipinski definition) is 1. The Hall–Kier alpha value is -1.35. The maximum atomic E-state index is 10.9. The van der Waals surface area contributed by atoms with Gasteiger partial charge in [0.1, 0.15) is 0 Å². The van der Waals surface area contributed by atoms with Crippen molar-refractivity contribution in [1.29, 1.82) is 0 Å². The highest BCUT2D eigenvalue weighted by Gasteiger charge is 2.25. The fourth-order valence-corrected chi connectivity index (χ4v) is 2.45. The van der Waals surface area contributed by atoms with Crippen LogP contribution in [-0.2, 0) is 0 Å². The topological polar surface area (TPSA) is 40.5 Å². The quantitative estimate of drug-likeness (QED) is 0.872. The molecule has 17 heavy (non-hydrogen) atoms. The minimum absolute atomic E-state index is 0.394. The molecule has 3 nitrogen and oxygen atoms in total. The van der Waals surface area contributed by atoms with Gasteiger partial charge < -0.3 is 10.0 Å². The van der Waals surface area contributed by atoms with E-state index in [1.54, 1.807) is 6.07 Å². The molecule has 0 aromatic heterocycles. The van der Waals surface area contributed by atoms with Gasteiger partial charge in [-0.1, -0.05) is 12.1 Å². The molecular weight excluding hydrogens is 214 g/mol. The maximum Gasteiger partial charge on any atom is 0.335 e. The molecule has 0 spiro atoms. The highest BCUT2D eigenvalue weighted by molar-refractivity contribution is 5.87. The molecule has 1 aromatic rings. The Bertz CT molecular complexity index is 414. The predicted molar refractivity (Wildman–Crippen MR) is 67.5 cm³/mol. The Morgan fingerprint density at radius 3 is 2.82 bits per heavy atom. The number of hydrogen-bond acceptors (Lipinski definition) is 2. The van der Waals surface area contributed by atoms with E-state index < -0.39 is 5.97 Å². The third kappa shape index (κ3) is 2.67. The van der Waals surface area contributed by atoms with Crippen LogP contribution >= 0.6 is 0 Å². The van der Waals surface area contributed by atoms with Crippen LogP contribution in [0, 0.1) is 0 Å². The molecule has 0 bridgehead atoms. The maximum absolute atomic E-state index is 10.9. The molecule has 0 aliphatic carbocycles. The van der Waals surface area contributed by atoms with Gasteiger partial charge in [0.2, 0.25) is 0 Å². The van der Waals surface area contributed by atoms with Crippen molar-refractivity contribution < 1.29 is 9.90 Å². The summed E-state index contributed by atoms with van der Waals surface area (Å²) in [6.07, 6.45) is 1.13. The van der Waals surface area contributed by atoms with Crippen molar-refractivity contribution in [3.05, 3.63) is 35.4 Å². The van der Waals surface area contributed by atoms with Gasteiger partial charge in [-0.25, -0.2) is 4.79 Å². The first-order chi connectivity index (χ1) is 8.08. The smallest absolute Gasteiger partial charge is 0.335 e. The third-order valence-electron chi connectivity index (χ3n) is 3.55. The van der Waals surface area contributed by atoms with E-state index >= 15 is 0 Å². The first-order valence-electron chi connectivity index (χ1n) is 6.15. The molecule has 1 atom stereocenters. The average molecular weight is 233 g/mol. The van der Waals surface area contributed by atoms with Crippen molar-refractivity contribution in [2.45, 2.75) is 32.2 Å². The summed E-state index contributed by atoms with van der Waals surface area (Å²) in [6.45, 7) is 6.56. The predicted octanol–water partition coefficient (Wildman–Crippen LogP) is 2.58. The minimum Gasteiger partial charge on any atom is -0.478 e. The SMILES string of the molecule is CC(C)N1CCC(c2cccc(C(=O)O)c2)C1. The summed E-state index contributed by atoms with van der Waals surface area (Å²) in [4.78, 5) is 13.4. The van der Waals surface area contributed by atoms with Gasteiger partial charge in [-0.05, 0) is 50.4 Å². The van der Waals surface area contributed by atoms with Gasteiger partial charge in [0.05, 0.1) is 5.56 Å². The molecule has 1 N–H and O–H groups in total. The Kier molecular flexibility index (Phi) is 3.48. The number of carboxylic acids is 1. The first kappa shape index (κ1) is 12.1. The Labute approximate surface area is 102 Å². The van der Waals surface area contributed by atoms with Gasteiger partial charge in [0.25, 0.3) is 0 Å². The molecule has 1 fully saturated rings. The summed E-state index contributed by atoms with van der Waals surface area (Å²) in [6, 6.07) is 7.93. The standard InChI is InChI=1S/C14H19NO2/c1-10(2)15-7-6-13(9-15)11-4-3-5-12(8-11)14(16)17/h3-5,8,10,13H,6-7,9H2,1-2H3,(H,16,17). The van der Waals surface area contributed by atoms with E-state index in [-0.39, 0.29) is 0 Å². The minimum atomic E-state index is -0.842. The number of aromatic carboxylic acids is 1. The van der Waals surface area contributed by atoms with E-state index in [1.807, 2.05) is 18.2 Å². The molecule has 0 radical (unpaired) electrons. The summed E-state index contributed by atoms with van der Waals surface area (Å²) < 4.78 is 0. The molecule has 1 aromatic carbocycles. The van der Waals surface area contributed by atoms with Crippen LogP contribution in [0.2, 0.25) is 0 Å². The van der Waals surface area contributed by atoms with Crippen molar-refractivity contribution in [3.63, 3.8) is 0 Å². The van der Waals surface area contributed by atoms with Crippen LogP contribution in [0.25, 0.3) is 0 Å². The lowest BCUT2D eigenvalue weighted by atomic mass is 9.96. The van der Waals surface area contributed by atoms with Crippen molar-refractivity contribution >= 4 is 5.97 Å². The number of rotatable bonds is 3. The van der Waals surface area contributed by atoms with Crippen molar-refractivity contribution in [3.8, 4) is 0 Å². The van der Waals surface area contributed by atoms with E-state index in [9.17, 15) is 4.79 Å². The van der Waals surface area contributed by atoms with Gasteiger partial charge in [-0.3, -0.25) is 0 Å². The second-order valence-corrected chi connectivity index (χ2v) is 5.00. The second kappa shape index (κ2) is 4.88. The van der Waals surface area contributed by atoms with Gasteiger partial charge in [-0.15, -0.1) is 0 Å². The molecular formula is C14H19NO2. The molecule has 0 saturated carbocycles. The molecule has 3 heteroatoms. The molecule has 1 aliphatic heterocycles. The zero-order valence-corrected chi connectivity index (χ0v) is 10.4. The second-order valence-electron chi connectivity index (χ2n) is 5.00. The van der Waals surface area contributed by atoms with Gasteiger partial charge in [0, 0.05) is 12.6 Å². The number of carbonyl (C=O) groups is 1. The number of likely N-dealkylation sites (tertiary alicyclic amines) is 1. The van der Waals surface area contributed by atoms with E-state index in [4.69, 9.17) is 5.11 Å². The third-order valence-corrected chi connectivity index (χ3v) is 3.55. The fourth-order valence-electron chi connectivity index (χ4n) is 2.45. The van der Waals surface area contributed by atoms with E-state index in [1.165, 1.54) is 0 Å². The molecule has 0 amide bonds. The van der Waals surface area contributed by atoms with Crippen LogP contribution in [0.15, 0.2) is 24.3 Å². The number of nitrogens with zero attached hydrogens (tertiary/aromatic N) is 1. The lowest BCUT2D eigenvalue weighted by Crippen LogP contribution is -2.27. The van der Waals surface area contributed by atoms with Crippen LogP contribution in [0.5, 0.6) is 0 Å². The van der Waals surface area contributed by atoms with Crippen LogP contribution in [0.3, 0.4) is 0 Å². The largest absolute Gasteiger partial charge is 0.478 e. The Morgan fingerprint density at radius 1 is 1.47 bits per heavy atom. The van der Waals surface area contributed by atoms with E-state index in [2.05, 4.69) is 18.7 Å². The van der Waals surface area contributed by atoms with Crippen LogP contribution in [-0.4, -0.2) is 35.1 Å². The van der Waals surface area contributed by atoms with E-state index in [0.717, 1.165) is 25.1 Å². The highest BCUT2D eigenvalue weighted by atomic mass is 16.4. The van der Waals surface area contributed by atoms with Gasteiger partial charge >= 0.3 is 5.97 Å². The summed E-state index contributed by atoms with van der Waals surface area (Å²) in [5.74, 6) is -0.359. The molecule has 92 valence electrons. The molecule has 1 aliphatic rings. The molecule has 1 heterocycles. The van der Waals surface area contributed by atoms with Crippen LogP contribution < -0.4 is 0 Å². The fraction of sp³-hybridized carbons (Fsp3) is 0.500. The first-order valence-corrected chi connectivity index (χ1v) is 6.15. The van der Waals surface area contributed by atoms with Gasteiger partial charge in [-0.2, -0.15) is 0 Å². The summed E-state index contributed by atoms with van der Waals surface area (Å²) in [5, 5.41) is 8.98. The average Bonchev–Trinajstić information content (AvgIpc) is 2.78.